The molecule has 0 aliphatic rings. The van der Waals surface area contributed by atoms with Crippen LogP contribution in [-0.2, 0) is 0 Å². The molecule has 1 N–H and O–H groups in total. The fourth-order valence-electron chi connectivity index (χ4n) is 1.54. The molecule has 2 rings (SSSR count). The summed E-state index contributed by atoms with van der Waals surface area (Å²) in [5.41, 5.74) is 2.71. The van der Waals surface area contributed by atoms with Gasteiger partial charge in [-0.2, -0.15) is 0 Å². The van der Waals surface area contributed by atoms with Gasteiger partial charge in [0.1, 0.15) is 0 Å². The zero-order valence-electron chi connectivity index (χ0n) is 9.04. The quantitative estimate of drug-likeness (QED) is 0.857. The minimum absolute atomic E-state index is 0.0543. The highest BCUT2D eigenvalue weighted by Gasteiger charge is 2.13. The minimum Gasteiger partial charge on any atom is -0.339 e. The van der Waals surface area contributed by atoms with Crippen LogP contribution in [0.25, 0.3) is 11.3 Å². The van der Waals surface area contributed by atoms with E-state index in [1.54, 1.807) is 0 Å². The summed E-state index contributed by atoms with van der Waals surface area (Å²) in [6.45, 7) is 3.41. The summed E-state index contributed by atoms with van der Waals surface area (Å²) in [4.78, 5) is 18.5. The number of aromatic nitrogens is 2. The Hall–Kier alpha value is -1.42. The Bertz CT molecular complexity index is 546. The maximum Gasteiger partial charge on any atom is 0.195 e. The molecule has 0 radical (unpaired) electrons. The Kier molecular flexibility index (Phi) is 2.92. The Balaban J connectivity index is 2.57. The van der Waals surface area contributed by atoms with Crippen molar-refractivity contribution in [2.24, 2.45) is 0 Å². The molecule has 1 heterocycles. The predicted molar refractivity (Wildman–Crippen MR) is 66.5 cm³/mol. The van der Waals surface area contributed by atoms with Crippen molar-refractivity contribution in [3.63, 3.8) is 0 Å². The van der Waals surface area contributed by atoms with Crippen LogP contribution < -0.4 is 0 Å². The third-order valence-corrected chi connectivity index (χ3v) is 3.04. The second-order valence-electron chi connectivity index (χ2n) is 3.60. The number of Topliss-reactive ketones (excluding diaryl/α,β-unsaturated/α-hetero) is 1. The molecule has 0 saturated carbocycles. The fourth-order valence-corrected chi connectivity index (χ4v) is 2.02. The second kappa shape index (κ2) is 4.22. The van der Waals surface area contributed by atoms with Crippen molar-refractivity contribution in [2.45, 2.75) is 13.8 Å². The predicted octanol–water partition coefficient (Wildman–Crippen LogP) is 3.35. The van der Waals surface area contributed by atoms with Crippen LogP contribution in [-0.4, -0.2) is 15.8 Å². The van der Waals surface area contributed by atoms with Crippen molar-refractivity contribution in [1.29, 1.82) is 0 Å². The van der Waals surface area contributed by atoms with Gasteiger partial charge in [-0.25, -0.2) is 4.98 Å². The van der Waals surface area contributed by atoms with E-state index in [1.165, 1.54) is 6.92 Å². The van der Waals surface area contributed by atoms with E-state index in [4.69, 9.17) is 0 Å². The summed E-state index contributed by atoms with van der Waals surface area (Å²) >= 11 is 3.47. The molecule has 4 heteroatoms. The van der Waals surface area contributed by atoms with E-state index in [9.17, 15) is 4.79 Å². The molecule has 0 unspecified atom stereocenters. The van der Waals surface area contributed by atoms with Crippen LogP contribution in [0.4, 0.5) is 0 Å². The third-order valence-electron chi connectivity index (χ3n) is 2.35. The summed E-state index contributed by atoms with van der Waals surface area (Å²) < 4.78 is 0.972. The van der Waals surface area contributed by atoms with E-state index in [-0.39, 0.29) is 5.78 Å². The molecular weight excluding hydrogens is 268 g/mol. The van der Waals surface area contributed by atoms with Gasteiger partial charge in [-0.1, -0.05) is 34.1 Å². The van der Waals surface area contributed by atoms with E-state index < -0.39 is 0 Å². The minimum atomic E-state index is -0.0543. The van der Waals surface area contributed by atoms with Crippen LogP contribution in [0.2, 0.25) is 0 Å². The maximum absolute atomic E-state index is 11.2. The molecule has 0 aliphatic carbocycles. The van der Waals surface area contributed by atoms with Crippen molar-refractivity contribution in [3.8, 4) is 11.3 Å². The third kappa shape index (κ3) is 1.93. The Labute approximate surface area is 102 Å². The fraction of sp³-hybridized carbons (Fsp3) is 0.167. The van der Waals surface area contributed by atoms with Gasteiger partial charge in [0.25, 0.3) is 0 Å². The van der Waals surface area contributed by atoms with Gasteiger partial charge >= 0.3 is 0 Å². The summed E-state index contributed by atoms with van der Waals surface area (Å²) in [7, 11) is 0. The molecule has 0 aliphatic heterocycles. The van der Waals surface area contributed by atoms with Gasteiger partial charge in [0.05, 0.1) is 5.69 Å². The number of halogens is 1. The number of H-pyrrole nitrogens is 1. The van der Waals surface area contributed by atoms with Crippen LogP contribution in [0.3, 0.4) is 0 Å². The molecule has 0 amide bonds. The SMILES string of the molecule is CC(=O)c1nc(-c2ccccc2Br)c(C)[nH]1. The molecule has 0 atom stereocenters. The number of carbonyl (C=O) groups excluding carboxylic acids is 1. The van der Waals surface area contributed by atoms with Crippen LogP contribution in [0.5, 0.6) is 0 Å². The van der Waals surface area contributed by atoms with E-state index in [0.717, 1.165) is 21.4 Å². The lowest BCUT2D eigenvalue weighted by atomic mass is 10.1. The zero-order chi connectivity index (χ0) is 11.7. The number of ketones is 1. The number of benzene rings is 1. The standard InChI is InChI=1S/C12H11BrN2O/c1-7-11(15-12(14-7)8(2)16)9-5-3-4-6-10(9)13/h3-6H,1-2H3,(H,14,15). The first-order valence-corrected chi connectivity index (χ1v) is 5.71. The van der Waals surface area contributed by atoms with E-state index in [1.807, 2.05) is 31.2 Å². The second-order valence-corrected chi connectivity index (χ2v) is 4.45. The molecule has 0 spiro atoms. The number of imidazole rings is 1. The number of aryl methyl sites for hydroxylation is 1. The maximum atomic E-state index is 11.2. The Morgan fingerprint density at radius 2 is 2.06 bits per heavy atom. The largest absolute Gasteiger partial charge is 0.339 e. The van der Waals surface area contributed by atoms with Crippen LogP contribution >= 0.6 is 15.9 Å². The first-order valence-electron chi connectivity index (χ1n) is 4.92. The number of carbonyl (C=O) groups is 1. The number of hydrogen-bond acceptors (Lipinski definition) is 2. The smallest absolute Gasteiger partial charge is 0.195 e. The van der Waals surface area contributed by atoms with Gasteiger partial charge in [-0.15, -0.1) is 0 Å². The number of nitrogens with one attached hydrogen (secondary N) is 1. The summed E-state index contributed by atoms with van der Waals surface area (Å²) in [6, 6.07) is 7.82. The zero-order valence-corrected chi connectivity index (χ0v) is 10.6. The topological polar surface area (TPSA) is 45.8 Å². The van der Waals surface area contributed by atoms with Crippen molar-refractivity contribution >= 4 is 21.7 Å². The molecule has 1 aromatic heterocycles. The number of hydrogen-bond donors (Lipinski definition) is 1. The summed E-state index contributed by atoms with van der Waals surface area (Å²) in [5.74, 6) is 0.352. The molecule has 2 aromatic rings. The monoisotopic (exact) mass is 278 g/mol. The van der Waals surface area contributed by atoms with Gasteiger partial charge in [-0.05, 0) is 13.0 Å². The van der Waals surface area contributed by atoms with E-state index in [0.29, 0.717) is 5.82 Å². The first-order chi connectivity index (χ1) is 7.59. The van der Waals surface area contributed by atoms with Gasteiger partial charge < -0.3 is 4.98 Å². The highest BCUT2D eigenvalue weighted by Crippen LogP contribution is 2.28. The van der Waals surface area contributed by atoms with Crippen molar-refractivity contribution < 1.29 is 4.79 Å². The molecule has 16 heavy (non-hydrogen) atoms. The number of rotatable bonds is 2. The van der Waals surface area contributed by atoms with Crippen LogP contribution in [0.15, 0.2) is 28.7 Å². The van der Waals surface area contributed by atoms with Gasteiger partial charge in [0, 0.05) is 22.7 Å². The molecule has 0 bridgehead atoms. The average Bonchev–Trinajstić information content (AvgIpc) is 2.61. The van der Waals surface area contributed by atoms with Gasteiger partial charge in [-0.3, -0.25) is 4.79 Å². The van der Waals surface area contributed by atoms with E-state index in [2.05, 4.69) is 25.9 Å². The number of aromatic amines is 1. The van der Waals surface area contributed by atoms with Crippen molar-refractivity contribution in [3.05, 3.63) is 40.3 Å². The molecular formula is C12H11BrN2O. The first kappa shape index (κ1) is 11.1. The molecule has 0 saturated heterocycles. The molecule has 1 aromatic carbocycles. The normalized spacial score (nSPS) is 10.4. The molecule has 82 valence electrons. The number of nitrogens with zero attached hydrogens (tertiary/aromatic N) is 1. The molecule has 3 nitrogen and oxygen atoms in total. The summed E-state index contributed by atoms with van der Waals surface area (Å²) in [5, 5.41) is 0. The van der Waals surface area contributed by atoms with Gasteiger partial charge in [0.2, 0.25) is 0 Å². The highest BCUT2D eigenvalue weighted by molar-refractivity contribution is 9.10. The Morgan fingerprint density at radius 1 is 1.38 bits per heavy atom. The van der Waals surface area contributed by atoms with Crippen molar-refractivity contribution in [1.82, 2.24) is 9.97 Å². The van der Waals surface area contributed by atoms with Gasteiger partial charge in [0.15, 0.2) is 11.6 Å². The van der Waals surface area contributed by atoms with E-state index >= 15 is 0 Å². The average molecular weight is 279 g/mol. The lowest BCUT2D eigenvalue weighted by Crippen LogP contribution is -1.94. The Morgan fingerprint density at radius 3 is 2.62 bits per heavy atom. The lowest BCUT2D eigenvalue weighted by molar-refractivity contribution is 0.100. The summed E-state index contributed by atoms with van der Waals surface area (Å²) in [6.07, 6.45) is 0. The van der Waals surface area contributed by atoms with Crippen LogP contribution in [0, 0.1) is 6.92 Å². The van der Waals surface area contributed by atoms with Crippen molar-refractivity contribution in [2.75, 3.05) is 0 Å². The molecule has 0 fully saturated rings. The lowest BCUT2D eigenvalue weighted by Gasteiger charge is -2.00. The highest BCUT2D eigenvalue weighted by atomic mass is 79.9. The van der Waals surface area contributed by atoms with Crippen LogP contribution in [0.1, 0.15) is 23.2 Å².